The molecule has 7 heteroatoms. The first-order chi connectivity index (χ1) is 11.6. The van der Waals surface area contributed by atoms with Crippen molar-refractivity contribution in [2.75, 3.05) is 11.9 Å². The van der Waals surface area contributed by atoms with Gasteiger partial charge in [-0.3, -0.25) is 4.79 Å². The number of hydrogen-bond donors (Lipinski definition) is 2. The SMILES string of the molecule is NC1CCOC2(C1)CC(C(=O)Nc1ccc(-n3cccn3)nc1)C2. The number of pyridine rings is 1. The highest BCUT2D eigenvalue weighted by Gasteiger charge is 2.50. The zero-order valence-electron chi connectivity index (χ0n) is 13.4. The van der Waals surface area contributed by atoms with E-state index in [0.717, 1.165) is 25.7 Å². The zero-order chi connectivity index (χ0) is 16.6. The first-order valence-electron chi connectivity index (χ1n) is 8.30. The quantitative estimate of drug-likeness (QED) is 0.890. The van der Waals surface area contributed by atoms with Crippen LogP contribution >= 0.6 is 0 Å². The molecule has 126 valence electrons. The molecule has 2 aromatic rings. The van der Waals surface area contributed by atoms with Gasteiger partial charge >= 0.3 is 0 Å². The number of nitrogens with two attached hydrogens (primary N) is 1. The molecule has 1 unspecified atom stereocenters. The molecule has 1 saturated heterocycles. The molecule has 3 heterocycles. The van der Waals surface area contributed by atoms with Crippen molar-refractivity contribution >= 4 is 11.6 Å². The van der Waals surface area contributed by atoms with E-state index in [1.54, 1.807) is 17.1 Å². The highest BCUT2D eigenvalue weighted by molar-refractivity contribution is 5.93. The van der Waals surface area contributed by atoms with Gasteiger partial charge in [0, 0.05) is 31.0 Å². The third kappa shape index (κ3) is 2.92. The molecule has 1 amide bonds. The van der Waals surface area contributed by atoms with Crippen LogP contribution in [0.5, 0.6) is 0 Å². The molecule has 1 spiro atoms. The van der Waals surface area contributed by atoms with Crippen LogP contribution in [0.3, 0.4) is 0 Å². The van der Waals surface area contributed by atoms with Gasteiger partial charge in [0.25, 0.3) is 0 Å². The first kappa shape index (κ1) is 15.3. The summed E-state index contributed by atoms with van der Waals surface area (Å²) in [6.45, 7) is 0.703. The van der Waals surface area contributed by atoms with Gasteiger partial charge in [0.1, 0.15) is 0 Å². The van der Waals surface area contributed by atoms with Crippen LogP contribution in [-0.2, 0) is 9.53 Å². The average molecular weight is 327 g/mol. The van der Waals surface area contributed by atoms with Gasteiger partial charge in [-0.1, -0.05) is 0 Å². The van der Waals surface area contributed by atoms with E-state index in [9.17, 15) is 4.79 Å². The Morgan fingerprint density at radius 1 is 1.38 bits per heavy atom. The third-order valence-corrected chi connectivity index (χ3v) is 4.89. The largest absolute Gasteiger partial charge is 0.375 e. The van der Waals surface area contributed by atoms with Crippen LogP contribution in [0.1, 0.15) is 25.7 Å². The third-order valence-electron chi connectivity index (χ3n) is 4.89. The van der Waals surface area contributed by atoms with E-state index in [-0.39, 0.29) is 23.5 Å². The summed E-state index contributed by atoms with van der Waals surface area (Å²) < 4.78 is 7.55. The summed E-state index contributed by atoms with van der Waals surface area (Å²) in [6.07, 6.45) is 8.45. The molecule has 3 N–H and O–H groups in total. The van der Waals surface area contributed by atoms with E-state index in [1.165, 1.54) is 0 Å². The molecular formula is C17H21N5O2. The molecular weight excluding hydrogens is 306 g/mol. The standard InChI is InChI=1S/C17H21N5O2/c18-13-4-7-24-17(10-13)8-12(9-17)16(23)21-14-2-3-15(19-11-14)22-6-1-5-20-22/h1-3,5-6,11-13H,4,7-10,18H2,(H,21,23). The Labute approximate surface area is 140 Å². The van der Waals surface area contributed by atoms with Crippen LogP contribution in [0.2, 0.25) is 0 Å². The Morgan fingerprint density at radius 2 is 2.25 bits per heavy atom. The van der Waals surface area contributed by atoms with Gasteiger partial charge in [-0.25, -0.2) is 9.67 Å². The van der Waals surface area contributed by atoms with Crippen LogP contribution in [-0.4, -0.2) is 38.9 Å². The van der Waals surface area contributed by atoms with Gasteiger partial charge in [-0.2, -0.15) is 5.10 Å². The van der Waals surface area contributed by atoms with Gasteiger partial charge in [0.15, 0.2) is 5.82 Å². The number of ether oxygens (including phenoxy) is 1. The van der Waals surface area contributed by atoms with E-state index in [4.69, 9.17) is 10.5 Å². The van der Waals surface area contributed by atoms with Gasteiger partial charge in [-0.15, -0.1) is 0 Å². The minimum atomic E-state index is -0.165. The topological polar surface area (TPSA) is 95.1 Å². The summed E-state index contributed by atoms with van der Waals surface area (Å²) in [4.78, 5) is 16.7. The second-order valence-corrected chi connectivity index (χ2v) is 6.73. The summed E-state index contributed by atoms with van der Waals surface area (Å²) in [5.74, 6) is 0.725. The summed E-state index contributed by atoms with van der Waals surface area (Å²) in [5, 5.41) is 7.06. The lowest BCUT2D eigenvalue weighted by Crippen LogP contribution is -2.55. The van der Waals surface area contributed by atoms with Gasteiger partial charge in [0.05, 0.1) is 17.5 Å². The molecule has 2 aromatic heterocycles. The van der Waals surface area contributed by atoms with E-state index in [0.29, 0.717) is 18.1 Å². The maximum Gasteiger partial charge on any atom is 0.227 e. The number of rotatable bonds is 3. The van der Waals surface area contributed by atoms with Crippen molar-refractivity contribution < 1.29 is 9.53 Å². The molecule has 1 aliphatic heterocycles. The van der Waals surface area contributed by atoms with Crippen molar-refractivity contribution in [3.8, 4) is 5.82 Å². The number of anilines is 1. The van der Waals surface area contributed by atoms with Crippen LogP contribution in [0.15, 0.2) is 36.8 Å². The van der Waals surface area contributed by atoms with Crippen LogP contribution in [0.25, 0.3) is 5.82 Å². The van der Waals surface area contributed by atoms with E-state index < -0.39 is 0 Å². The maximum absolute atomic E-state index is 12.4. The molecule has 0 bridgehead atoms. The van der Waals surface area contributed by atoms with Crippen molar-refractivity contribution in [3.63, 3.8) is 0 Å². The summed E-state index contributed by atoms with van der Waals surface area (Å²) in [5.41, 5.74) is 6.55. The highest BCUT2D eigenvalue weighted by Crippen LogP contribution is 2.46. The summed E-state index contributed by atoms with van der Waals surface area (Å²) >= 11 is 0. The van der Waals surface area contributed by atoms with Gasteiger partial charge in [-0.05, 0) is 43.9 Å². The minimum Gasteiger partial charge on any atom is -0.375 e. The summed E-state index contributed by atoms with van der Waals surface area (Å²) in [6, 6.07) is 5.70. The first-order valence-corrected chi connectivity index (χ1v) is 8.30. The molecule has 0 radical (unpaired) electrons. The van der Waals surface area contributed by atoms with E-state index in [2.05, 4.69) is 15.4 Å². The van der Waals surface area contributed by atoms with Crippen LogP contribution in [0.4, 0.5) is 5.69 Å². The Balaban J connectivity index is 1.34. The lowest BCUT2D eigenvalue weighted by molar-refractivity contribution is -0.166. The molecule has 2 fully saturated rings. The highest BCUT2D eigenvalue weighted by atomic mass is 16.5. The fourth-order valence-electron chi connectivity index (χ4n) is 3.62. The van der Waals surface area contributed by atoms with Crippen LogP contribution in [0, 0.1) is 5.92 Å². The monoisotopic (exact) mass is 327 g/mol. The molecule has 1 atom stereocenters. The minimum absolute atomic E-state index is 0.0129. The molecule has 4 rings (SSSR count). The van der Waals surface area contributed by atoms with Gasteiger partial charge < -0.3 is 15.8 Å². The molecule has 7 nitrogen and oxygen atoms in total. The fraction of sp³-hybridized carbons (Fsp3) is 0.471. The number of nitrogens with zero attached hydrogens (tertiary/aromatic N) is 3. The normalized spacial score (nSPS) is 29.2. The molecule has 24 heavy (non-hydrogen) atoms. The Morgan fingerprint density at radius 3 is 2.92 bits per heavy atom. The second-order valence-electron chi connectivity index (χ2n) is 6.73. The zero-order valence-corrected chi connectivity index (χ0v) is 13.4. The van der Waals surface area contributed by atoms with E-state index >= 15 is 0 Å². The van der Waals surface area contributed by atoms with Crippen molar-refractivity contribution in [1.82, 2.24) is 14.8 Å². The fourth-order valence-corrected chi connectivity index (χ4v) is 3.62. The predicted octanol–water partition coefficient (Wildman–Crippen LogP) is 1.49. The smallest absolute Gasteiger partial charge is 0.227 e. The van der Waals surface area contributed by atoms with Crippen molar-refractivity contribution in [1.29, 1.82) is 0 Å². The molecule has 0 aromatic carbocycles. The van der Waals surface area contributed by atoms with Gasteiger partial charge in [0.2, 0.25) is 5.91 Å². The van der Waals surface area contributed by atoms with Crippen molar-refractivity contribution in [2.24, 2.45) is 11.7 Å². The number of amides is 1. The Hall–Kier alpha value is -2.25. The second kappa shape index (κ2) is 5.99. The number of hydrogen-bond acceptors (Lipinski definition) is 5. The molecule has 1 saturated carbocycles. The Kier molecular flexibility index (Phi) is 3.82. The number of aromatic nitrogens is 3. The number of carbonyl (C=O) groups excluding carboxylic acids is 1. The van der Waals surface area contributed by atoms with Crippen molar-refractivity contribution in [2.45, 2.75) is 37.3 Å². The molecule has 2 aliphatic rings. The molecule has 1 aliphatic carbocycles. The number of carbonyl (C=O) groups is 1. The summed E-state index contributed by atoms with van der Waals surface area (Å²) in [7, 11) is 0. The van der Waals surface area contributed by atoms with Crippen molar-refractivity contribution in [3.05, 3.63) is 36.8 Å². The maximum atomic E-state index is 12.4. The lowest BCUT2D eigenvalue weighted by Gasteiger charge is -2.50. The predicted molar refractivity (Wildman–Crippen MR) is 88.6 cm³/mol. The van der Waals surface area contributed by atoms with Crippen LogP contribution < -0.4 is 11.1 Å². The lowest BCUT2D eigenvalue weighted by atomic mass is 9.66. The van der Waals surface area contributed by atoms with E-state index in [1.807, 2.05) is 24.4 Å². The number of nitrogens with one attached hydrogen (secondary N) is 1. The average Bonchev–Trinajstić information content (AvgIpc) is 3.07. The Bertz CT molecular complexity index is 707.